The third kappa shape index (κ3) is 3.28. The van der Waals surface area contributed by atoms with Crippen molar-refractivity contribution in [3.63, 3.8) is 0 Å². The molecule has 0 aromatic heterocycles. The molecule has 1 heteroatoms. The van der Waals surface area contributed by atoms with Gasteiger partial charge in [0, 0.05) is 19.8 Å². The van der Waals surface area contributed by atoms with Crippen molar-refractivity contribution in [3.8, 4) is 0 Å². The maximum Gasteiger partial charge on any atom is 0.0354 e. The maximum absolute atomic E-state index is 2.18. The van der Waals surface area contributed by atoms with Crippen LogP contribution < -0.4 is 0 Å². The van der Waals surface area contributed by atoms with Gasteiger partial charge < -0.3 is 4.90 Å². The molecule has 0 saturated carbocycles. The second-order valence-electron chi connectivity index (χ2n) is 3.29. The van der Waals surface area contributed by atoms with Gasteiger partial charge in [-0.2, -0.15) is 0 Å². The maximum atomic E-state index is 2.18. The first-order valence-corrected chi connectivity index (χ1v) is 5.50. The van der Waals surface area contributed by atoms with E-state index in [1.807, 2.05) is 19.9 Å². The van der Waals surface area contributed by atoms with Gasteiger partial charge in [0.05, 0.1) is 0 Å². The van der Waals surface area contributed by atoms with Crippen LogP contribution in [0.15, 0.2) is 48.7 Å². The van der Waals surface area contributed by atoms with E-state index in [4.69, 9.17) is 0 Å². The number of nitrogens with zero attached hydrogens (tertiary/aromatic N) is 1. The summed E-state index contributed by atoms with van der Waals surface area (Å²) in [6.45, 7) is 5.01. The lowest BCUT2D eigenvalue weighted by Crippen LogP contribution is -2.13. The molecule has 0 N–H and O–H groups in total. The normalized spacial score (nSPS) is 14.1. The average Bonchev–Trinajstić information content (AvgIpc) is 2.33. The molecule has 80 valence electrons. The van der Waals surface area contributed by atoms with Crippen molar-refractivity contribution in [2.24, 2.45) is 0 Å². The summed E-state index contributed by atoms with van der Waals surface area (Å²) in [4.78, 5) is 2.18. The highest BCUT2D eigenvalue weighted by Crippen LogP contribution is 2.18. The van der Waals surface area contributed by atoms with Gasteiger partial charge in [0.25, 0.3) is 0 Å². The summed E-state index contributed by atoms with van der Waals surface area (Å²) in [6, 6.07) is 10.4. The lowest BCUT2D eigenvalue weighted by Gasteiger charge is -2.17. The minimum absolute atomic E-state index is 1.01. The second kappa shape index (κ2) is 6.07. The molecule has 0 amide bonds. The summed E-state index contributed by atoms with van der Waals surface area (Å²) < 4.78 is 0. The van der Waals surface area contributed by atoms with Crippen LogP contribution in [0.25, 0.3) is 5.57 Å². The van der Waals surface area contributed by atoms with Crippen molar-refractivity contribution in [1.82, 2.24) is 4.90 Å². The molecule has 1 aliphatic rings. The van der Waals surface area contributed by atoms with Crippen LogP contribution in [0.5, 0.6) is 0 Å². The molecule has 1 aromatic carbocycles. The Kier molecular flexibility index (Phi) is 4.69. The monoisotopic (exact) mass is 201 g/mol. The standard InChI is InChI=1S/C12H13N.C2H6/c1-13-9-5-8-12(10-13)11-6-3-2-4-7-11;1-2/h2-8,10H,9H2,1H3;1-2H3. The van der Waals surface area contributed by atoms with Crippen LogP contribution in [0.4, 0.5) is 0 Å². The molecule has 0 fully saturated rings. The molecule has 15 heavy (non-hydrogen) atoms. The van der Waals surface area contributed by atoms with E-state index in [2.05, 4.69) is 54.6 Å². The smallest absolute Gasteiger partial charge is 0.0354 e. The molecule has 0 spiro atoms. The van der Waals surface area contributed by atoms with Crippen LogP contribution in [0.1, 0.15) is 19.4 Å². The molecular weight excluding hydrogens is 182 g/mol. The average molecular weight is 201 g/mol. The number of hydrogen-bond donors (Lipinski definition) is 0. The van der Waals surface area contributed by atoms with E-state index in [1.165, 1.54) is 11.1 Å². The van der Waals surface area contributed by atoms with E-state index in [0.29, 0.717) is 0 Å². The summed E-state index contributed by atoms with van der Waals surface area (Å²) in [5.41, 5.74) is 2.57. The van der Waals surface area contributed by atoms with E-state index in [9.17, 15) is 0 Å². The Hall–Kier alpha value is -1.50. The highest BCUT2D eigenvalue weighted by atomic mass is 15.1. The van der Waals surface area contributed by atoms with E-state index in [0.717, 1.165) is 6.54 Å². The Morgan fingerprint density at radius 3 is 2.33 bits per heavy atom. The highest BCUT2D eigenvalue weighted by Gasteiger charge is 2.02. The van der Waals surface area contributed by atoms with Crippen LogP contribution in [0.3, 0.4) is 0 Å². The van der Waals surface area contributed by atoms with Gasteiger partial charge in [0.15, 0.2) is 0 Å². The van der Waals surface area contributed by atoms with Gasteiger partial charge in [0.1, 0.15) is 0 Å². The zero-order valence-corrected chi connectivity index (χ0v) is 9.77. The zero-order valence-electron chi connectivity index (χ0n) is 9.77. The van der Waals surface area contributed by atoms with Gasteiger partial charge >= 0.3 is 0 Å². The quantitative estimate of drug-likeness (QED) is 0.671. The molecule has 0 aliphatic carbocycles. The van der Waals surface area contributed by atoms with Gasteiger partial charge in [-0.05, 0) is 11.1 Å². The summed E-state index contributed by atoms with van der Waals surface area (Å²) in [5, 5.41) is 0. The Bertz CT molecular complexity index is 336. The van der Waals surface area contributed by atoms with Crippen LogP contribution in [0, 0.1) is 0 Å². The molecule has 1 aromatic rings. The Morgan fingerprint density at radius 2 is 1.73 bits per heavy atom. The lowest BCUT2D eigenvalue weighted by molar-refractivity contribution is 0.507. The second-order valence-corrected chi connectivity index (χ2v) is 3.29. The highest BCUT2D eigenvalue weighted by molar-refractivity contribution is 5.74. The van der Waals surface area contributed by atoms with Crippen LogP contribution in [0.2, 0.25) is 0 Å². The molecule has 2 rings (SSSR count). The topological polar surface area (TPSA) is 3.24 Å². The van der Waals surface area contributed by atoms with E-state index in [1.54, 1.807) is 0 Å². The zero-order chi connectivity index (χ0) is 11.1. The summed E-state index contributed by atoms with van der Waals surface area (Å²) in [7, 11) is 2.09. The van der Waals surface area contributed by atoms with Crippen molar-refractivity contribution in [2.75, 3.05) is 13.6 Å². The van der Waals surface area contributed by atoms with E-state index >= 15 is 0 Å². The van der Waals surface area contributed by atoms with Crippen LogP contribution in [-0.2, 0) is 0 Å². The lowest BCUT2D eigenvalue weighted by atomic mass is 10.1. The van der Waals surface area contributed by atoms with Gasteiger partial charge in [-0.15, -0.1) is 0 Å². The fourth-order valence-corrected chi connectivity index (χ4v) is 1.48. The number of allylic oxidation sites excluding steroid dienone is 2. The van der Waals surface area contributed by atoms with Crippen molar-refractivity contribution >= 4 is 5.57 Å². The van der Waals surface area contributed by atoms with Crippen LogP contribution >= 0.6 is 0 Å². The van der Waals surface area contributed by atoms with Gasteiger partial charge in [0.2, 0.25) is 0 Å². The predicted molar refractivity (Wildman–Crippen MR) is 67.5 cm³/mol. The Labute approximate surface area is 92.7 Å². The SMILES string of the molecule is CC.CN1C=C(c2ccccc2)C=CC1. The molecule has 0 bridgehead atoms. The molecule has 0 atom stereocenters. The first kappa shape index (κ1) is 11.6. The predicted octanol–water partition coefficient (Wildman–Crippen LogP) is 3.56. The van der Waals surface area contributed by atoms with E-state index in [-0.39, 0.29) is 0 Å². The summed E-state index contributed by atoms with van der Waals surface area (Å²) in [5.74, 6) is 0. The molecule has 0 unspecified atom stereocenters. The molecule has 1 aliphatic heterocycles. The van der Waals surface area contributed by atoms with Gasteiger partial charge in [-0.3, -0.25) is 0 Å². The van der Waals surface area contributed by atoms with Crippen molar-refractivity contribution < 1.29 is 0 Å². The molecule has 1 heterocycles. The number of rotatable bonds is 1. The molecule has 0 saturated heterocycles. The largest absolute Gasteiger partial charge is 0.376 e. The van der Waals surface area contributed by atoms with Crippen molar-refractivity contribution in [2.45, 2.75) is 13.8 Å². The first-order valence-electron chi connectivity index (χ1n) is 5.50. The fraction of sp³-hybridized carbons (Fsp3) is 0.286. The number of hydrogen-bond acceptors (Lipinski definition) is 1. The van der Waals surface area contributed by atoms with Gasteiger partial charge in [-0.1, -0.05) is 56.3 Å². The number of benzene rings is 1. The third-order valence-corrected chi connectivity index (χ3v) is 2.16. The van der Waals surface area contributed by atoms with Crippen molar-refractivity contribution in [1.29, 1.82) is 0 Å². The van der Waals surface area contributed by atoms with Gasteiger partial charge in [-0.25, -0.2) is 0 Å². The third-order valence-electron chi connectivity index (χ3n) is 2.16. The van der Waals surface area contributed by atoms with Crippen molar-refractivity contribution in [3.05, 3.63) is 54.2 Å². The number of likely N-dealkylation sites (N-methyl/N-ethyl adjacent to an activating group) is 1. The first-order chi connectivity index (χ1) is 7.36. The Balaban J connectivity index is 0.000000531. The summed E-state index contributed by atoms with van der Waals surface area (Å²) >= 11 is 0. The molecule has 1 nitrogen and oxygen atoms in total. The minimum atomic E-state index is 1.01. The van der Waals surface area contributed by atoms with E-state index < -0.39 is 0 Å². The molecule has 0 radical (unpaired) electrons. The fourth-order valence-electron chi connectivity index (χ4n) is 1.48. The molecular formula is C14H19N. The summed E-state index contributed by atoms with van der Waals surface area (Å²) in [6.07, 6.45) is 6.53. The van der Waals surface area contributed by atoms with Crippen LogP contribution in [-0.4, -0.2) is 18.5 Å². The Morgan fingerprint density at radius 1 is 1.07 bits per heavy atom. The minimum Gasteiger partial charge on any atom is -0.376 e.